The highest BCUT2D eigenvalue weighted by Gasteiger charge is 2.44. The van der Waals surface area contributed by atoms with E-state index in [1.54, 1.807) is 4.90 Å². The summed E-state index contributed by atoms with van der Waals surface area (Å²) in [5.41, 5.74) is 0. The Hall–Kier alpha value is -1.10. The maximum atomic E-state index is 12.7. The monoisotopic (exact) mass is 280 g/mol. The molecule has 0 aromatic carbocycles. The topological polar surface area (TPSA) is 60.9 Å². The molecule has 0 spiro atoms. The van der Waals surface area contributed by atoms with Crippen molar-refractivity contribution >= 4 is 11.8 Å². The molecule has 3 fully saturated rings. The Balaban J connectivity index is 1.70. The number of nitrogens with zero attached hydrogens (tertiary/aromatic N) is 2. The first-order valence-corrected chi connectivity index (χ1v) is 7.85. The molecule has 2 amide bonds. The smallest absolute Gasteiger partial charge is 0.245 e. The molecule has 3 atom stereocenters. The van der Waals surface area contributed by atoms with Crippen LogP contribution in [0.4, 0.5) is 0 Å². The van der Waals surface area contributed by atoms with Gasteiger partial charge in [-0.3, -0.25) is 9.59 Å². The average Bonchev–Trinajstić information content (AvgIpc) is 3.06. The third-order valence-corrected chi connectivity index (χ3v) is 5.10. The van der Waals surface area contributed by atoms with Crippen molar-refractivity contribution in [2.75, 3.05) is 19.7 Å². The minimum Gasteiger partial charge on any atom is -0.394 e. The molecule has 2 aliphatic heterocycles. The summed E-state index contributed by atoms with van der Waals surface area (Å²) >= 11 is 0. The lowest BCUT2D eigenvalue weighted by Gasteiger charge is -2.31. The van der Waals surface area contributed by atoms with Crippen molar-refractivity contribution < 1.29 is 14.7 Å². The quantitative estimate of drug-likeness (QED) is 0.824. The second-order valence-corrected chi connectivity index (χ2v) is 6.51. The van der Waals surface area contributed by atoms with E-state index in [2.05, 4.69) is 6.92 Å². The molecular weight excluding hydrogens is 256 g/mol. The molecular formula is C15H24N2O3. The van der Waals surface area contributed by atoms with Gasteiger partial charge in [0.05, 0.1) is 12.6 Å². The van der Waals surface area contributed by atoms with Gasteiger partial charge < -0.3 is 14.9 Å². The van der Waals surface area contributed by atoms with Gasteiger partial charge in [0.2, 0.25) is 11.8 Å². The number of amides is 2. The number of carbonyl (C=O) groups excluding carboxylic acids is 2. The average molecular weight is 280 g/mol. The van der Waals surface area contributed by atoms with Crippen molar-refractivity contribution in [3.05, 3.63) is 0 Å². The summed E-state index contributed by atoms with van der Waals surface area (Å²) in [5, 5.41) is 9.50. The summed E-state index contributed by atoms with van der Waals surface area (Å²) in [6.45, 7) is 3.54. The lowest BCUT2D eigenvalue weighted by Crippen LogP contribution is -2.51. The van der Waals surface area contributed by atoms with Gasteiger partial charge in [-0.05, 0) is 38.0 Å². The maximum Gasteiger partial charge on any atom is 0.245 e. The first-order chi connectivity index (χ1) is 9.63. The van der Waals surface area contributed by atoms with E-state index in [1.165, 1.54) is 0 Å². The first-order valence-electron chi connectivity index (χ1n) is 7.85. The van der Waals surface area contributed by atoms with Crippen molar-refractivity contribution in [3.8, 4) is 0 Å². The van der Waals surface area contributed by atoms with Crippen LogP contribution in [0.25, 0.3) is 0 Å². The molecule has 20 heavy (non-hydrogen) atoms. The van der Waals surface area contributed by atoms with Crippen LogP contribution in [-0.2, 0) is 9.59 Å². The van der Waals surface area contributed by atoms with Crippen LogP contribution in [0, 0.1) is 11.8 Å². The van der Waals surface area contributed by atoms with Crippen LogP contribution in [0.2, 0.25) is 0 Å². The molecule has 0 radical (unpaired) electrons. The number of rotatable bonds is 3. The van der Waals surface area contributed by atoms with Crippen molar-refractivity contribution in [1.82, 2.24) is 9.80 Å². The normalized spacial score (nSPS) is 33.8. The molecule has 1 N–H and O–H groups in total. The van der Waals surface area contributed by atoms with Gasteiger partial charge in [0.15, 0.2) is 0 Å². The molecule has 2 saturated heterocycles. The summed E-state index contributed by atoms with van der Waals surface area (Å²) in [6, 6.07) is -0.344. The number of hydrogen-bond donors (Lipinski definition) is 1. The Morgan fingerprint density at radius 1 is 1.05 bits per heavy atom. The Morgan fingerprint density at radius 2 is 1.80 bits per heavy atom. The van der Waals surface area contributed by atoms with Gasteiger partial charge in [0.1, 0.15) is 6.04 Å². The first kappa shape index (κ1) is 13.9. The number of hydrogen-bond acceptors (Lipinski definition) is 3. The Bertz CT molecular complexity index is 408. The lowest BCUT2D eigenvalue weighted by atomic mass is 10.0. The van der Waals surface area contributed by atoms with Crippen molar-refractivity contribution in [1.29, 1.82) is 0 Å². The highest BCUT2D eigenvalue weighted by Crippen LogP contribution is 2.35. The zero-order chi connectivity index (χ0) is 14.3. The zero-order valence-electron chi connectivity index (χ0n) is 12.1. The van der Waals surface area contributed by atoms with Crippen LogP contribution in [-0.4, -0.2) is 58.5 Å². The van der Waals surface area contributed by atoms with E-state index in [0.717, 1.165) is 38.6 Å². The molecule has 5 nitrogen and oxygen atoms in total. The van der Waals surface area contributed by atoms with E-state index in [9.17, 15) is 14.7 Å². The van der Waals surface area contributed by atoms with Gasteiger partial charge >= 0.3 is 0 Å². The van der Waals surface area contributed by atoms with Gasteiger partial charge in [-0.15, -0.1) is 0 Å². The van der Waals surface area contributed by atoms with Crippen LogP contribution in [0.5, 0.6) is 0 Å². The van der Waals surface area contributed by atoms with E-state index in [-0.39, 0.29) is 36.4 Å². The zero-order valence-corrected chi connectivity index (χ0v) is 12.1. The molecule has 2 heterocycles. The number of aliphatic hydroxyl groups is 1. The molecule has 112 valence electrons. The fraction of sp³-hybridized carbons (Fsp3) is 0.867. The van der Waals surface area contributed by atoms with E-state index in [1.807, 2.05) is 4.90 Å². The minimum atomic E-state index is -0.276. The third kappa shape index (κ3) is 2.32. The second-order valence-electron chi connectivity index (χ2n) is 6.51. The highest BCUT2D eigenvalue weighted by molar-refractivity contribution is 5.90. The lowest BCUT2D eigenvalue weighted by molar-refractivity contribution is -0.145. The third-order valence-electron chi connectivity index (χ3n) is 5.10. The Kier molecular flexibility index (Phi) is 3.71. The van der Waals surface area contributed by atoms with Gasteiger partial charge in [-0.25, -0.2) is 0 Å². The van der Waals surface area contributed by atoms with Crippen LogP contribution >= 0.6 is 0 Å². The van der Waals surface area contributed by atoms with Crippen LogP contribution in [0.3, 0.4) is 0 Å². The summed E-state index contributed by atoms with van der Waals surface area (Å²) < 4.78 is 0. The number of carbonyl (C=O) groups is 2. The summed E-state index contributed by atoms with van der Waals surface area (Å²) in [6.07, 6.45) is 4.61. The predicted octanol–water partition coefficient (Wildman–Crippen LogP) is 0.617. The Labute approximate surface area is 119 Å². The van der Waals surface area contributed by atoms with Crippen LogP contribution in [0.15, 0.2) is 0 Å². The van der Waals surface area contributed by atoms with E-state index < -0.39 is 0 Å². The fourth-order valence-electron chi connectivity index (χ4n) is 3.60. The predicted molar refractivity (Wildman–Crippen MR) is 73.8 cm³/mol. The summed E-state index contributed by atoms with van der Waals surface area (Å²) in [5.74, 6) is 0.751. The molecule has 1 aliphatic carbocycles. The van der Waals surface area contributed by atoms with E-state index in [4.69, 9.17) is 0 Å². The van der Waals surface area contributed by atoms with Gasteiger partial charge in [0.25, 0.3) is 0 Å². The molecule has 1 saturated carbocycles. The van der Waals surface area contributed by atoms with Crippen molar-refractivity contribution in [3.63, 3.8) is 0 Å². The summed E-state index contributed by atoms with van der Waals surface area (Å²) in [7, 11) is 0. The largest absolute Gasteiger partial charge is 0.394 e. The van der Waals surface area contributed by atoms with Crippen LogP contribution < -0.4 is 0 Å². The molecule has 3 aliphatic rings. The minimum absolute atomic E-state index is 0.0240. The number of likely N-dealkylation sites (tertiary alicyclic amines) is 2. The molecule has 3 unspecified atom stereocenters. The van der Waals surface area contributed by atoms with E-state index in [0.29, 0.717) is 12.5 Å². The molecule has 0 bridgehead atoms. The maximum absolute atomic E-state index is 12.7. The van der Waals surface area contributed by atoms with Crippen LogP contribution in [0.1, 0.15) is 39.0 Å². The Morgan fingerprint density at radius 3 is 2.45 bits per heavy atom. The molecule has 5 heteroatoms. The van der Waals surface area contributed by atoms with Gasteiger partial charge in [-0.2, -0.15) is 0 Å². The molecule has 3 rings (SSSR count). The molecule has 0 aromatic rings. The van der Waals surface area contributed by atoms with Gasteiger partial charge in [0, 0.05) is 19.0 Å². The fourth-order valence-corrected chi connectivity index (χ4v) is 3.60. The van der Waals surface area contributed by atoms with Crippen molar-refractivity contribution in [2.24, 2.45) is 11.8 Å². The number of aliphatic hydroxyl groups excluding tert-OH is 1. The standard InChI is InChI=1S/C15H24N2O3/c1-10-6-8-17(13(10)9-18)15(20)12-3-2-7-16(12)14(19)11-4-5-11/h10-13,18H,2-9H2,1H3. The van der Waals surface area contributed by atoms with Crippen molar-refractivity contribution in [2.45, 2.75) is 51.1 Å². The molecule has 0 aromatic heterocycles. The summed E-state index contributed by atoms with van der Waals surface area (Å²) in [4.78, 5) is 28.6. The second kappa shape index (κ2) is 5.35. The van der Waals surface area contributed by atoms with Gasteiger partial charge in [-0.1, -0.05) is 6.92 Å². The highest BCUT2D eigenvalue weighted by atomic mass is 16.3. The van der Waals surface area contributed by atoms with E-state index >= 15 is 0 Å². The SMILES string of the molecule is CC1CCN(C(=O)C2CCCN2C(=O)C2CC2)C1CO.